The Balaban J connectivity index is 1.69. The van der Waals surface area contributed by atoms with Crippen molar-refractivity contribution in [1.29, 1.82) is 0 Å². The van der Waals surface area contributed by atoms with Crippen LogP contribution >= 0.6 is 0 Å². The van der Waals surface area contributed by atoms with Crippen LogP contribution in [0.15, 0.2) is 0 Å². The highest BCUT2D eigenvalue weighted by Crippen LogP contribution is 2.06. The maximum Gasteiger partial charge on any atom is 0.146 e. The predicted octanol–water partition coefficient (Wildman–Crippen LogP) is -0.353. The predicted molar refractivity (Wildman–Crippen MR) is 48.0 cm³/mol. The van der Waals surface area contributed by atoms with Gasteiger partial charge >= 0.3 is 0 Å². The lowest BCUT2D eigenvalue weighted by Crippen LogP contribution is -2.43. The molecule has 2 aliphatic rings. The highest BCUT2D eigenvalue weighted by Gasteiger charge is 2.17. The summed E-state index contributed by atoms with van der Waals surface area (Å²) in [7, 11) is 0. The Labute approximate surface area is 79.4 Å². The highest BCUT2D eigenvalue weighted by molar-refractivity contribution is 4.74. The average molecular weight is 184 g/mol. The van der Waals surface area contributed by atoms with Gasteiger partial charge in [0.25, 0.3) is 0 Å². The third kappa shape index (κ3) is 2.91. The lowest BCUT2D eigenvalue weighted by atomic mass is 10.4. The Morgan fingerprint density at radius 2 is 1.08 bits per heavy atom. The molecule has 0 aromatic rings. The molecule has 2 aliphatic heterocycles. The summed E-state index contributed by atoms with van der Waals surface area (Å²) in [5.74, 6) is 0. The van der Waals surface area contributed by atoms with Gasteiger partial charge in [0.2, 0.25) is 0 Å². The van der Waals surface area contributed by atoms with E-state index in [1.807, 2.05) is 0 Å². The number of rotatable bonds is 2. The van der Waals surface area contributed by atoms with Gasteiger partial charge in [-0.3, -0.25) is 9.80 Å². The van der Waals surface area contributed by atoms with Crippen LogP contribution in [0.1, 0.15) is 0 Å². The fourth-order valence-electron chi connectivity index (χ4n) is 1.53. The summed E-state index contributed by atoms with van der Waals surface area (Å²) in [5.41, 5.74) is 0. The second-order valence-electron chi connectivity index (χ2n) is 3.30. The topological polar surface area (TPSA) is 24.9 Å². The fraction of sp³-hybridized carbons (Fsp3) is 0.889. The van der Waals surface area contributed by atoms with Crippen molar-refractivity contribution in [1.82, 2.24) is 9.80 Å². The Morgan fingerprint density at radius 3 is 1.46 bits per heavy atom. The van der Waals surface area contributed by atoms with Crippen LogP contribution in [0.2, 0.25) is 0 Å². The van der Waals surface area contributed by atoms with Crippen molar-refractivity contribution in [3.63, 3.8) is 0 Å². The molecule has 0 amide bonds. The molecule has 0 aliphatic carbocycles. The van der Waals surface area contributed by atoms with Gasteiger partial charge in [0.1, 0.15) is 6.67 Å². The minimum absolute atomic E-state index is 0.831. The van der Waals surface area contributed by atoms with Gasteiger partial charge in [-0.2, -0.15) is 0 Å². The average Bonchev–Trinajstić information content (AvgIpc) is 2.21. The molecule has 0 saturated carbocycles. The first-order valence-electron chi connectivity index (χ1n) is 4.87. The summed E-state index contributed by atoms with van der Waals surface area (Å²) in [5, 5.41) is 0. The smallest absolute Gasteiger partial charge is 0.146 e. The molecule has 0 aromatic heterocycles. The summed E-state index contributed by atoms with van der Waals surface area (Å²) < 4.78 is 10.5. The van der Waals surface area contributed by atoms with Crippen molar-refractivity contribution in [2.24, 2.45) is 0 Å². The lowest BCUT2D eigenvalue weighted by molar-refractivity contribution is 0.00401. The zero-order valence-electron chi connectivity index (χ0n) is 7.87. The summed E-state index contributed by atoms with van der Waals surface area (Å²) in [4.78, 5) is 4.41. The van der Waals surface area contributed by atoms with Crippen molar-refractivity contribution in [3.8, 4) is 0 Å². The molecule has 2 heterocycles. The van der Waals surface area contributed by atoms with E-state index in [2.05, 4.69) is 16.5 Å². The van der Waals surface area contributed by atoms with E-state index < -0.39 is 0 Å². The zero-order valence-corrected chi connectivity index (χ0v) is 7.87. The van der Waals surface area contributed by atoms with Gasteiger partial charge in [-0.15, -0.1) is 0 Å². The summed E-state index contributed by atoms with van der Waals surface area (Å²) in [6.45, 7) is 10.6. The maximum atomic E-state index is 5.26. The van der Waals surface area contributed by atoms with Crippen LogP contribution in [0.25, 0.3) is 0 Å². The molecule has 2 rings (SSSR count). The SMILES string of the molecule is [C](N1CCOCC1)N1CCOCC1. The second kappa shape index (κ2) is 4.91. The fourth-order valence-corrected chi connectivity index (χ4v) is 1.53. The first kappa shape index (κ1) is 9.40. The Morgan fingerprint density at radius 1 is 0.692 bits per heavy atom. The maximum absolute atomic E-state index is 5.26. The van der Waals surface area contributed by atoms with E-state index >= 15 is 0 Å². The van der Waals surface area contributed by atoms with Crippen LogP contribution in [-0.2, 0) is 9.47 Å². The molecule has 0 aromatic carbocycles. The van der Waals surface area contributed by atoms with Gasteiger partial charge in [0.15, 0.2) is 0 Å². The van der Waals surface area contributed by atoms with E-state index in [9.17, 15) is 0 Å². The van der Waals surface area contributed by atoms with E-state index in [0.717, 1.165) is 52.6 Å². The molecule has 0 unspecified atom stereocenters. The highest BCUT2D eigenvalue weighted by atomic mass is 16.5. The van der Waals surface area contributed by atoms with Crippen molar-refractivity contribution in [2.75, 3.05) is 52.6 Å². The summed E-state index contributed by atoms with van der Waals surface area (Å²) >= 11 is 0. The molecule has 2 saturated heterocycles. The summed E-state index contributed by atoms with van der Waals surface area (Å²) in [6.07, 6.45) is 0. The molecule has 0 bridgehead atoms. The molecule has 4 nitrogen and oxygen atoms in total. The first-order valence-corrected chi connectivity index (χ1v) is 4.87. The van der Waals surface area contributed by atoms with Crippen LogP contribution in [0.4, 0.5) is 0 Å². The van der Waals surface area contributed by atoms with E-state index in [4.69, 9.17) is 9.47 Å². The molecular formula is C9H16N2O2. The third-order valence-electron chi connectivity index (χ3n) is 2.31. The van der Waals surface area contributed by atoms with Crippen LogP contribution in [0.5, 0.6) is 0 Å². The number of hydrogen-bond acceptors (Lipinski definition) is 4. The molecule has 2 fully saturated rings. The van der Waals surface area contributed by atoms with Crippen LogP contribution in [-0.4, -0.2) is 62.4 Å². The Bertz CT molecular complexity index is 127. The first-order chi connectivity index (χ1) is 6.45. The number of morpholine rings is 2. The lowest BCUT2D eigenvalue weighted by Gasteiger charge is -2.32. The van der Waals surface area contributed by atoms with Gasteiger partial charge in [0, 0.05) is 26.2 Å². The minimum Gasteiger partial charge on any atom is -0.379 e. The molecule has 2 radical (unpaired) electrons. The van der Waals surface area contributed by atoms with Crippen LogP contribution < -0.4 is 0 Å². The minimum atomic E-state index is 0.831. The van der Waals surface area contributed by atoms with Crippen molar-refractivity contribution >= 4 is 0 Å². The van der Waals surface area contributed by atoms with E-state index in [1.54, 1.807) is 0 Å². The molecule has 0 N–H and O–H groups in total. The Kier molecular flexibility index (Phi) is 3.55. The van der Waals surface area contributed by atoms with Crippen LogP contribution in [0.3, 0.4) is 0 Å². The summed E-state index contributed by atoms with van der Waals surface area (Å²) in [6, 6.07) is 0. The molecule has 0 spiro atoms. The Hall–Kier alpha value is -0.160. The monoisotopic (exact) mass is 184 g/mol. The van der Waals surface area contributed by atoms with Gasteiger partial charge in [0.05, 0.1) is 26.4 Å². The van der Waals surface area contributed by atoms with Gasteiger partial charge in [-0.1, -0.05) is 0 Å². The molecular weight excluding hydrogens is 168 g/mol. The van der Waals surface area contributed by atoms with E-state index in [1.165, 1.54) is 0 Å². The van der Waals surface area contributed by atoms with E-state index in [0.29, 0.717) is 0 Å². The molecule has 13 heavy (non-hydrogen) atoms. The second-order valence-corrected chi connectivity index (χ2v) is 3.30. The quantitative estimate of drug-likeness (QED) is 0.585. The zero-order chi connectivity index (χ0) is 8.93. The molecule has 4 heteroatoms. The largest absolute Gasteiger partial charge is 0.379 e. The number of hydrogen-bond donors (Lipinski definition) is 0. The van der Waals surface area contributed by atoms with Gasteiger partial charge < -0.3 is 9.47 Å². The number of ether oxygens (including phenoxy) is 2. The normalized spacial score (nSPS) is 27.7. The van der Waals surface area contributed by atoms with Crippen molar-refractivity contribution < 1.29 is 9.47 Å². The standard InChI is InChI=1S/C9H16N2O2/c1-5-12-6-2-10(1)9-11-3-7-13-8-4-11/h1-8H2. The van der Waals surface area contributed by atoms with Crippen molar-refractivity contribution in [3.05, 3.63) is 6.67 Å². The molecule has 0 atom stereocenters. The van der Waals surface area contributed by atoms with Gasteiger partial charge in [-0.05, 0) is 0 Å². The van der Waals surface area contributed by atoms with Gasteiger partial charge in [-0.25, -0.2) is 0 Å². The van der Waals surface area contributed by atoms with E-state index in [-0.39, 0.29) is 0 Å². The number of nitrogens with zero attached hydrogens (tertiary/aromatic N) is 2. The molecule has 74 valence electrons. The van der Waals surface area contributed by atoms with Crippen LogP contribution in [0, 0.1) is 6.67 Å². The third-order valence-corrected chi connectivity index (χ3v) is 2.31. The van der Waals surface area contributed by atoms with Crippen molar-refractivity contribution in [2.45, 2.75) is 0 Å².